The van der Waals surface area contributed by atoms with E-state index in [0.717, 1.165) is 44.7 Å². The first-order chi connectivity index (χ1) is 12.8. The van der Waals surface area contributed by atoms with Crippen LogP contribution in [0, 0.1) is 17.2 Å². The van der Waals surface area contributed by atoms with Crippen molar-refractivity contribution < 1.29 is 4.79 Å². The van der Waals surface area contributed by atoms with Crippen molar-refractivity contribution in [3.63, 3.8) is 0 Å². The van der Waals surface area contributed by atoms with E-state index in [0.29, 0.717) is 17.9 Å². The summed E-state index contributed by atoms with van der Waals surface area (Å²) in [6.45, 7) is 2.47. The Bertz CT molecular complexity index is 761. The summed E-state index contributed by atoms with van der Waals surface area (Å²) in [6, 6.07) is 15.9. The second-order valence-electron chi connectivity index (χ2n) is 6.71. The van der Waals surface area contributed by atoms with E-state index in [2.05, 4.69) is 33.4 Å². The van der Waals surface area contributed by atoms with E-state index in [4.69, 9.17) is 0 Å². The molecule has 5 heteroatoms. The molecular weight excluding hydrogens is 324 g/mol. The average molecular weight is 348 g/mol. The second kappa shape index (κ2) is 9.00. The van der Waals surface area contributed by atoms with Crippen LogP contribution in [-0.2, 0) is 11.2 Å². The molecule has 1 N–H and O–H groups in total. The first kappa shape index (κ1) is 17.9. The molecule has 0 atom stereocenters. The van der Waals surface area contributed by atoms with Crippen LogP contribution in [0.15, 0.2) is 48.7 Å². The van der Waals surface area contributed by atoms with Crippen LogP contribution in [0.2, 0.25) is 0 Å². The Labute approximate surface area is 154 Å². The molecule has 3 rings (SSSR count). The van der Waals surface area contributed by atoms with Crippen molar-refractivity contribution in [3.05, 3.63) is 59.8 Å². The molecule has 0 bridgehead atoms. The number of carbonyl (C=O) groups is 1. The fraction of sp³-hybridized carbons (Fsp3) is 0.381. The lowest BCUT2D eigenvalue weighted by Crippen LogP contribution is -2.39. The van der Waals surface area contributed by atoms with Crippen LogP contribution in [0.5, 0.6) is 0 Å². The molecule has 0 spiro atoms. The standard InChI is InChI=1S/C21H24N4O/c22-15-19-7-4-12-23-21(19)25-13-10-18(11-14-25)16-24-20(26)9-8-17-5-2-1-3-6-17/h1-7,12,18H,8-11,13-14,16H2,(H,24,26). The monoisotopic (exact) mass is 348 g/mol. The van der Waals surface area contributed by atoms with Crippen LogP contribution in [-0.4, -0.2) is 30.5 Å². The number of aryl methyl sites for hydroxylation is 1. The molecule has 134 valence electrons. The number of amides is 1. The van der Waals surface area contributed by atoms with Crippen LogP contribution in [0.25, 0.3) is 0 Å². The predicted molar refractivity (Wildman–Crippen MR) is 102 cm³/mol. The molecule has 26 heavy (non-hydrogen) atoms. The van der Waals surface area contributed by atoms with Crippen molar-refractivity contribution in [1.82, 2.24) is 10.3 Å². The molecule has 1 aliphatic rings. The normalized spacial score (nSPS) is 14.7. The number of nitrogens with one attached hydrogen (secondary N) is 1. The van der Waals surface area contributed by atoms with Crippen molar-refractivity contribution >= 4 is 11.7 Å². The molecule has 1 aliphatic heterocycles. The van der Waals surface area contributed by atoms with Gasteiger partial charge in [0.25, 0.3) is 0 Å². The summed E-state index contributed by atoms with van der Waals surface area (Å²) in [5.74, 6) is 1.38. The van der Waals surface area contributed by atoms with Gasteiger partial charge in [-0.1, -0.05) is 30.3 Å². The Hall–Kier alpha value is -2.87. The largest absolute Gasteiger partial charge is 0.356 e. The average Bonchev–Trinajstić information content (AvgIpc) is 2.72. The number of aromatic nitrogens is 1. The minimum absolute atomic E-state index is 0.118. The molecule has 2 aromatic rings. The third-order valence-corrected chi connectivity index (χ3v) is 4.89. The zero-order valence-electron chi connectivity index (χ0n) is 14.9. The maximum absolute atomic E-state index is 12.1. The van der Waals surface area contributed by atoms with E-state index in [1.54, 1.807) is 18.3 Å². The van der Waals surface area contributed by atoms with Gasteiger partial charge < -0.3 is 10.2 Å². The van der Waals surface area contributed by atoms with E-state index >= 15 is 0 Å². The number of piperidine rings is 1. The Balaban J connectivity index is 1.40. The Morgan fingerprint density at radius 1 is 1.19 bits per heavy atom. The number of pyridine rings is 1. The predicted octanol–water partition coefficient (Wildman–Crippen LogP) is 2.92. The zero-order valence-corrected chi connectivity index (χ0v) is 14.9. The SMILES string of the molecule is N#Cc1cccnc1N1CCC(CNC(=O)CCc2ccccc2)CC1. The van der Waals surface area contributed by atoms with Crippen molar-refractivity contribution in [2.45, 2.75) is 25.7 Å². The second-order valence-corrected chi connectivity index (χ2v) is 6.71. The van der Waals surface area contributed by atoms with Gasteiger partial charge in [-0.3, -0.25) is 4.79 Å². The van der Waals surface area contributed by atoms with Gasteiger partial charge in [0.2, 0.25) is 5.91 Å². The van der Waals surface area contributed by atoms with Crippen LogP contribution >= 0.6 is 0 Å². The molecular formula is C21H24N4O. The summed E-state index contributed by atoms with van der Waals surface area (Å²) < 4.78 is 0. The van der Waals surface area contributed by atoms with E-state index in [1.807, 2.05) is 18.2 Å². The number of benzene rings is 1. The molecule has 0 unspecified atom stereocenters. The molecule has 1 amide bonds. The number of nitriles is 1. The highest BCUT2D eigenvalue weighted by Crippen LogP contribution is 2.23. The van der Waals surface area contributed by atoms with Gasteiger partial charge in [-0.25, -0.2) is 4.98 Å². The maximum atomic E-state index is 12.1. The van der Waals surface area contributed by atoms with Gasteiger partial charge in [0.1, 0.15) is 11.9 Å². The number of anilines is 1. The lowest BCUT2D eigenvalue weighted by atomic mass is 9.96. The van der Waals surface area contributed by atoms with E-state index in [9.17, 15) is 10.1 Å². The Morgan fingerprint density at radius 3 is 2.69 bits per heavy atom. The lowest BCUT2D eigenvalue weighted by Gasteiger charge is -2.33. The third kappa shape index (κ3) is 4.82. The Morgan fingerprint density at radius 2 is 1.96 bits per heavy atom. The van der Waals surface area contributed by atoms with Gasteiger partial charge in [0.15, 0.2) is 0 Å². The summed E-state index contributed by atoms with van der Waals surface area (Å²) >= 11 is 0. The summed E-state index contributed by atoms with van der Waals surface area (Å²) in [5.41, 5.74) is 1.82. The van der Waals surface area contributed by atoms with Crippen LogP contribution in [0.4, 0.5) is 5.82 Å². The molecule has 1 aromatic carbocycles. The van der Waals surface area contributed by atoms with Crippen LogP contribution in [0.3, 0.4) is 0 Å². The highest BCUT2D eigenvalue weighted by atomic mass is 16.1. The van der Waals surface area contributed by atoms with Crippen molar-refractivity contribution in [3.8, 4) is 6.07 Å². The number of hydrogen-bond donors (Lipinski definition) is 1. The maximum Gasteiger partial charge on any atom is 0.220 e. The molecule has 0 saturated carbocycles. The molecule has 5 nitrogen and oxygen atoms in total. The highest BCUT2D eigenvalue weighted by molar-refractivity contribution is 5.76. The summed E-state index contributed by atoms with van der Waals surface area (Å²) in [5, 5.41) is 12.3. The van der Waals surface area contributed by atoms with Gasteiger partial charge in [0.05, 0.1) is 5.56 Å². The quantitative estimate of drug-likeness (QED) is 0.871. The van der Waals surface area contributed by atoms with Crippen molar-refractivity contribution in [2.75, 3.05) is 24.5 Å². The first-order valence-corrected chi connectivity index (χ1v) is 9.17. The zero-order chi connectivity index (χ0) is 18.2. The molecule has 0 radical (unpaired) electrons. The van der Waals surface area contributed by atoms with Crippen molar-refractivity contribution in [2.24, 2.45) is 5.92 Å². The lowest BCUT2D eigenvalue weighted by molar-refractivity contribution is -0.121. The fourth-order valence-corrected chi connectivity index (χ4v) is 3.33. The molecule has 0 aliphatic carbocycles. The fourth-order valence-electron chi connectivity index (χ4n) is 3.33. The summed E-state index contributed by atoms with van der Waals surface area (Å²) in [4.78, 5) is 18.6. The van der Waals surface area contributed by atoms with E-state index in [1.165, 1.54) is 5.56 Å². The Kier molecular flexibility index (Phi) is 6.21. The number of carbonyl (C=O) groups excluding carboxylic acids is 1. The molecule has 2 heterocycles. The summed E-state index contributed by atoms with van der Waals surface area (Å²) in [7, 11) is 0. The third-order valence-electron chi connectivity index (χ3n) is 4.89. The first-order valence-electron chi connectivity index (χ1n) is 9.17. The highest BCUT2D eigenvalue weighted by Gasteiger charge is 2.22. The van der Waals surface area contributed by atoms with E-state index in [-0.39, 0.29) is 5.91 Å². The smallest absolute Gasteiger partial charge is 0.220 e. The molecule has 1 aromatic heterocycles. The van der Waals surface area contributed by atoms with Gasteiger partial charge in [-0.2, -0.15) is 5.26 Å². The van der Waals surface area contributed by atoms with Crippen LogP contribution < -0.4 is 10.2 Å². The minimum Gasteiger partial charge on any atom is -0.356 e. The number of hydrogen-bond acceptors (Lipinski definition) is 4. The van der Waals surface area contributed by atoms with Crippen molar-refractivity contribution in [1.29, 1.82) is 5.26 Å². The number of rotatable bonds is 6. The van der Waals surface area contributed by atoms with Gasteiger partial charge in [-0.05, 0) is 42.9 Å². The molecule has 1 saturated heterocycles. The van der Waals surface area contributed by atoms with Gasteiger partial charge in [0, 0.05) is 32.3 Å². The minimum atomic E-state index is 0.118. The number of nitrogens with zero attached hydrogens (tertiary/aromatic N) is 3. The molecule has 1 fully saturated rings. The summed E-state index contributed by atoms with van der Waals surface area (Å²) in [6.07, 6.45) is 5.04. The van der Waals surface area contributed by atoms with Gasteiger partial charge >= 0.3 is 0 Å². The topological polar surface area (TPSA) is 69.0 Å². The van der Waals surface area contributed by atoms with Crippen LogP contribution in [0.1, 0.15) is 30.4 Å². The van der Waals surface area contributed by atoms with E-state index < -0.39 is 0 Å². The van der Waals surface area contributed by atoms with Gasteiger partial charge in [-0.15, -0.1) is 0 Å².